The number of carbonyl (C=O) groups excluding carboxylic acids is 4. The van der Waals surface area contributed by atoms with Crippen LogP contribution in [0.15, 0.2) is 72.9 Å². The molecule has 1 fully saturated rings. The normalized spacial score (nSPS) is 14.1. The topological polar surface area (TPSA) is 244 Å². The molecule has 0 spiro atoms. The molecule has 19 heteroatoms. The van der Waals surface area contributed by atoms with E-state index >= 15 is 0 Å². The number of ketones is 1. The number of anilines is 3. The first-order chi connectivity index (χ1) is 37.4. The van der Waals surface area contributed by atoms with Gasteiger partial charge in [-0.05, 0) is 135 Å². The van der Waals surface area contributed by atoms with Gasteiger partial charge in [-0.25, -0.2) is 9.78 Å². The van der Waals surface area contributed by atoms with Gasteiger partial charge in [-0.15, -0.1) is 0 Å². The van der Waals surface area contributed by atoms with Crippen LogP contribution in [0.4, 0.5) is 17.5 Å². The number of aryl methyl sites for hydroxylation is 2. The highest BCUT2D eigenvalue weighted by atomic mass is 16.6. The number of amides is 2. The summed E-state index contributed by atoms with van der Waals surface area (Å²) >= 11 is 0. The van der Waals surface area contributed by atoms with E-state index in [0.717, 1.165) is 22.3 Å². The first-order valence-electron chi connectivity index (χ1n) is 26.3. The molecule has 5 aromatic rings. The number of hydrogen-bond donors (Lipinski definition) is 3. The van der Waals surface area contributed by atoms with Crippen LogP contribution in [-0.2, 0) is 41.5 Å². The molecule has 0 aliphatic carbocycles. The SMILES string of the molecule is CCC(C)(C)C(=O)C(=O)N1CCCCC1C(=O)OC(CCc1ccc(OC)c(OC)c1)c1cccc(NC(=O)CCCOc2cc(C)c(C(C)OCCOc3c(OC)cc(Cc4cnc(N)nc4N)cc3OC)cc2OC)c1. The number of aromatic nitrogens is 2. The summed E-state index contributed by atoms with van der Waals surface area (Å²) in [4.78, 5) is 64.0. The number of methoxy groups -OCH3 is 5. The summed E-state index contributed by atoms with van der Waals surface area (Å²) in [5.74, 6) is 1.98. The highest BCUT2D eigenvalue weighted by Gasteiger charge is 2.41. The first-order valence-corrected chi connectivity index (χ1v) is 26.3. The number of piperidine rings is 1. The summed E-state index contributed by atoms with van der Waals surface area (Å²) < 4.78 is 52.8. The molecule has 4 aromatic carbocycles. The summed E-state index contributed by atoms with van der Waals surface area (Å²) in [6.45, 7) is 10.2. The third-order valence-corrected chi connectivity index (χ3v) is 14.0. The van der Waals surface area contributed by atoms with Crippen molar-refractivity contribution in [1.82, 2.24) is 14.9 Å². The lowest BCUT2D eigenvalue weighted by atomic mass is 9.84. The Balaban J connectivity index is 1.04. The van der Waals surface area contributed by atoms with E-state index in [1.165, 1.54) is 4.90 Å². The number of likely N-dealkylation sites (tertiary alicyclic amines) is 1. The van der Waals surface area contributed by atoms with Crippen LogP contribution in [0.25, 0.3) is 0 Å². The molecule has 2 amide bonds. The Morgan fingerprint density at radius 3 is 2.17 bits per heavy atom. The van der Waals surface area contributed by atoms with Gasteiger partial charge in [0.25, 0.3) is 5.91 Å². The van der Waals surface area contributed by atoms with Crippen LogP contribution < -0.4 is 49.9 Å². The van der Waals surface area contributed by atoms with Gasteiger partial charge in [0.2, 0.25) is 23.4 Å². The summed E-state index contributed by atoms with van der Waals surface area (Å²) in [6.07, 6.45) is 4.59. The minimum Gasteiger partial charge on any atom is -0.493 e. The lowest BCUT2D eigenvalue weighted by Crippen LogP contribution is -2.53. The molecular formula is C59H76N6O13. The van der Waals surface area contributed by atoms with Crippen molar-refractivity contribution in [2.75, 3.05) is 78.7 Å². The van der Waals surface area contributed by atoms with E-state index in [-0.39, 0.29) is 50.7 Å². The third-order valence-electron chi connectivity index (χ3n) is 14.0. The first kappa shape index (κ1) is 59.4. The Kier molecular flexibility index (Phi) is 21.3. The summed E-state index contributed by atoms with van der Waals surface area (Å²) in [7, 11) is 7.81. The lowest BCUT2D eigenvalue weighted by molar-refractivity contribution is -0.164. The molecule has 1 aromatic heterocycles. The fraction of sp³-hybridized carbons (Fsp3) is 0.458. The Labute approximate surface area is 457 Å². The van der Waals surface area contributed by atoms with E-state index < -0.39 is 35.2 Å². The van der Waals surface area contributed by atoms with Crippen molar-refractivity contribution in [2.24, 2.45) is 5.41 Å². The summed E-state index contributed by atoms with van der Waals surface area (Å²) in [5.41, 5.74) is 16.3. The van der Waals surface area contributed by atoms with Crippen LogP contribution in [-0.4, -0.2) is 106 Å². The maximum atomic E-state index is 14.2. The number of ether oxygens (including phenoxy) is 9. The average molecular weight is 1080 g/mol. The molecule has 420 valence electrons. The molecule has 19 nitrogen and oxygen atoms in total. The molecule has 0 bridgehead atoms. The van der Waals surface area contributed by atoms with Crippen molar-refractivity contribution in [3.63, 3.8) is 0 Å². The van der Waals surface area contributed by atoms with Crippen molar-refractivity contribution in [2.45, 2.75) is 111 Å². The van der Waals surface area contributed by atoms with Crippen LogP contribution in [0, 0.1) is 12.3 Å². The Morgan fingerprint density at radius 2 is 1.49 bits per heavy atom. The Morgan fingerprint density at radius 1 is 0.795 bits per heavy atom. The molecule has 78 heavy (non-hydrogen) atoms. The summed E-state index contributed by atoms with van der Waals surface area (Å²) in [5, 5.41) is 2.99. The number of carbonyl (C=O) groups is 4. The van der Waals surface area contributed by atoms with Gasteiger partial charge in [0.05, 0.1) is 54.9 Å². The fourth-order valence-corrected chi connectivity index (χ4v) is 9.12. The van der Waals surface area contributed by atoms with Gasteiger partial charge >= 0.3 is 5.97 Å². The Bertz CT molecular complexity index is 2850. The lowest BCUT2D eigenvalue weighted by Gasteiger charge is -2.36. The highest BCUT2D eigenvalue weighted by molar-refractivity contribution is 6.38. The van der Waals surface area contributed by atoms with E-state index in [0.29, 0.717) is 114 Å². The standard InChI is InChI=1S/C59H76N6O13/c1-11-59(4,5)54(67)56(68)65-24-13-12-18-44(65)57(69)78-45(22-20-38-21-23-46(70-6)47(30-38)71-7)40-16-14-17-42(33-40)63-52(66)19-15-25-76-49-28-36(2)43(34-48(49)72-8)37(3)75-26-27-77-53-50(73-9)31-39(32-51(53)74-10)29-41-35-62-58(61)64-55(41)60/h14,16-17,21,23,28,30-35,37,44-45H,11-13,15,18-20,22,24-27,29H2,1-10H3,(H,63,66)(H4,60,61,62,64). The minimum atomic E-state index is -0.911. The molecule has 1 aliphatic rings. The van der Waals surface area contributed by atoms with Crippen molar-refractivity contribution >= 4 is 41.0 Å². The second kappa shape index (κ2) is 28.0. The molecule has 6 rings (SSSR count). The minimum absolute atomic E-state index is 0.102. The molecule has 3 atom stereocenters. The van der Waals surface area contributed by atoms with Crippen molar-refractivity contribution in [3.8, 4) is 40.2 Å². The van der Waals surface area contributed by atoms with E-state index in [9.17, 15) is 19.2 Å². The molecule has 2 heterocycles. The van der Waals surface area contributed by atoms with E-state index in [2.05, 4.69) is 15.3 Å². The highest BCUT2D eigenvalue weighted by Crippen LogP contribution is 2.40. The predicted octanol–water partition coefficient (Wildman–Crippen LogP) is 9.14. The van der Waals surface area contributed by atoms with Gasteiger partial charge in [-0.2, -0.15) is 4.98 Å². The maximum Gasteiger partial charge on any atom is 0.329 e. The maximum absolute atomic E-state index is 14.2. The van der Waals surface area contributed by atoms with Gasteiger partial charge in [-0.1, -0.05) is 39.0 Å². The summed E-state index contributed by atoms with van der Waals surface area (Å²) in [6, 6.07) is 19.4. The number of benzene rings is 4. The number of nitrogen functional groups attached to an aromatic ring is 2. The van der Waals surface area contributed by atoms with Gasteiger partial charge in [-0.3, -0.25) is 14.4 Å². The monoisotopic (exact) mass is 1080 g/mol. The molecule has 0 radical (unpaired) electrons. The number of nitrogens with zero attached hydrogens (tertiary/aromatic N) is 3. The number of nitrogens with one attached hydrogen (secondary N) is 1. The number of hydrogen-bond acceptors (Lipinski definition) is 17. The molecule has 5 N–H and O–H groups in total. The predicted molar refractivity (Wildman–Crippen MR) is 296 cm³/mol. The molecule has 1 saturated heterocycles. The molecule has 0 saturated carbocycles. The number of nitrogens with two attached hydrogens (primary N) is 2. The van der Waals surface area contributed by atoms with E-state index in [1.807, 2.05) is 69.3 Å². The average Bonchev–Trinajstić information content (AvgIpc) is 3.44. The van der Waals surface area contributed by atoms with E-state index in [1.54, 1.807) is 73.8 Å². The van der Waals surface area contributed by atoms with Crippen LogP contribution in [0.2, 0.25) is 0 Å². The van der Waals surface area contributed by atoms with Gasteiger partial charge in [0, 0.05) is 42.2 Å². The van der Waals surface area contributed by atoms with Crippen molar-refractivity contribution < 1.29 is 61.8 Å². The van der Waals surface area contributed by atoms with Crippen molar-refractivity contribution in [3.05, 3.63) is 106 Å². The molecular weight excluding hydrogens is 1000 g/mol. The Hall–Kier alpha value is -7.80. The third kappa shape index (κ3) is 15.4. The second-order valence-corrected chi connectivity index (χ2v) is 19.7. The largest absolute Gasteiger partial charge is 0.493 e. The fourth-order valence-electron chi connectivity index (χ4n) is 9.12. The molecule has 1 aliphatic heterocycles. The van der Waals surface area contributed by atoms with Crippen LogP contribution in [0.5, 0.6) is 40.2 Å². The second-order valence-electron chi connectivity index (χ2n) is 19.7. The number of esters is 1. The van der Waals surface area contributed by atoms with Gasteiger partial charge in [0.15, 0.2) is 34.5 Å². The van der Waals surface area contributed by atoms with Crippen LogP contribution in [0.1, 0.15) is 118 Å². The zero-order valence-electron chi connectivity index (χ0n) is 46.7. The quantitative estimate of drug-likeness (QED) is 0.0240. The van der Waals surface area contributed by atoms with Crippen LogP contribution in [0.3, 0.4) is 0 Å². The zero-order valence-corrected chi connectivity index (χ0v) is 46.7. The van der Waals surface area contributed by atoms with Gasteiger partial charge in [0.1, 0.15) is 24.6 Å². The van der Waals surface area contributed by atoms with Gasteiger partial charge < -0.3 is 64.3 Å². The number of Topliss-reactive ketones (excluding diaryl/α,β-unsaturated/α-hetero) is 1. The smallest absolute Gasteiger partial charge is 0.329 e. The van der Waals surface area contributed by atoms with Crippen molar-refractivity contribution in [1.29, 1.82) is 0 Å². The molecule has 3 unspecified atom stereocenters. The van der Waals surface area contributed by atoms with Crippen LogP contribution >= 0.6 is 0 Å². The number of rotatable bonds is 28. The zero-order chi connectivity index (χ0) is 56.5. The van der Waals surface area contributed by atoms with E-state index in [4.69, 9.17) is 54.1 Å².